The summed E-state index contributed by atoms with van der Waals surface area (Å²) in [4.78, 5) is 13.3. The van der Waals surface area contributed by atoms with E-state index in [1.807, 2.05) is 0 Å². The maximum Gasteiger partial charge on any atom is 0.339 e. The van der Waals surface area contributed by atoms with Crippen LogP contribution in [-0.4, -0.2) is 69.7 Å². The second-order valence-corrected chi connectivity index (χ2v) is 4.83. The molecule has 0 saturated carbocycles. The van der Waals surface area contributed by atoms with Gasteiger partial charge < -0.3 is 19.3 Å². The maximum absolute atomic E-state index is 11.1. The highest BCUT2D eigenvalue weighted by atomic mass is 16.5. The molecule has 0 heterocycles. The first kappa shape index (κ1) is 18.4. The van der Waals surface area contributed by atoms with Crippen LogP contribution in [0.5, 0.6) is 5.75 Å². The summed E-state index contributed by atoms with van der Waals surface area (Å²) in [5.41, 5.74) is 0.193. The lowest BCUT2D eigenvalue weighted by molar-refractivity contribution is 0.0691. The van der Waals surface area contributed by atoms with Crippen LogP contribution in [0.4, 0.5) is 0 Å². The molecule has 124 valence electrons. The molecule has 0 radical (unpaired) electrons. The first-order valence-corrected chi connectivity index (χ1v) is 7.34. The zero-order valence-electron chi connectivity index (χ0n) is 13.3. The molecule has 0 saturated heterocycles. The summed E-state index contributed by atoms with van der Waals surface area (Å²) in [5.74, 6) is -0.562. The lowest BCUT2D eigenvalue weighted by atomic mass is 10.2. The highest BCUT2D eigenvalue weighted by molar-refractivity contribution is 5.90. The molecule has 0 aliphatic carbocycles. The molecule has 0 atom stereocenters. The normalized spacial score (nSPS) is 10.9. The van der Waals surface area contributed by atoms with Gasteiger partial charge in [0, 0.05) is 33.9 Å². The average Bonchev–Trinajstić information content (AvgIpc) is 2.53. The number of ether oxygens (including phenoxy) is 3. The molecule has 6 heteroatoms. The van der Waals surface area contributed by atoms with E-state index in [1.165, 1.54) is 0 Å². The Hall–Kier alpha value is -1.63. The summed E-state index contributed by atoms with van der Waals surface area (Å²) in [7, 11) is 3.36. The van der Waals surface area contributed by atoms with E-state index >= 15 is 0 Å². The Labute approximate surface area is 131 Å². The fraction of sp³-hybridized carbons (Fsp3) is 0.562. The van der Waals surface area contributed by atoms with Gasteiger partial charge in [0.15, 0.2) is 0 Å². The molecule has 0 aliphatic rings. The minimum Gasteiger partial charge on any atom is -0.493 e. The van der Waals surface area contributed by atoms with Gasteiger partial charge in [-0.25, -0.2) is 4.79 Å². The van der Waals surface area contributed by atoms with E-state index in [0.717, 1.165) is 26.1 Å². The van der Waals surface area contributed by atoms with Crippen LogP contribution in [0.2, 0.25) is 0 Å². The van der Waals surface area contributed by atoms with Crippen LogP contribution in [0.15, 0.2) is 24.3 Å². The van der Waals surface area contributed by atoms with Crippen LogP contribution in [-0.2, 0) is 9.47 Å². The van der Waals surface area contributed by atoms with Gasteiger partial charge in [-0.05, 0) is 18.6 Å². The SMILES string of the molecule is COCCN(CCCOc1ccccc1C(=O)O)CCOC. The zero-order valence-corrected chi connectivity index (χ0v) is 13.3. The first-order valence-electron chi connectivity index (χ1n) is 7.34. The number of carboxylic acids is 1. The third kappa shape index (κ3) is 6.89. The van der Waals surface area contributed by atoms with Crippen molar-refractivity contribution in [2.24, 2.45) is 0 Å². The van der Waals surface area contributed by atoms with Crippen LogP contribution in [0.3, 0.4) is 0 Å². The quantitative estimate of drug-likeness (QED) is 0.593. The Morgan fingerprint density at radius 3 is 2.27 bits per heavy atom. The Morgan fingerprint density at radius 1 is 1.05 bits per heavy atom. The second-order valence-electron chi connectivity index (χ2n) is 4.83. The smallest absolute Gasteiger partial charge is 0.339 e. The molecule has 1 rings (SSSR count). The fourth-order valence-corrected chi connectivity index (χ4v) is 2.02. The van der Waals surface area contributed by atoms with Gasteiger partial charge in [-0.3, -0.25) is 4.90 Å². The van der Waals surface area contributed by atoms with Crippen molar-refractivity contribution in [3.8, 4) is 5.75 Å². The van der Waals surface area contributed by atoms with Crippen molar-refractivity contribution in [2.75, 3.05) is 53.7 Å². The van der Waals surface area contributed by atoms with Crippen molar-refractivity contribution in [1.82, 2.24) is 4.90 Å². The van der Waals surface area contributed by atoms with Crippen molar-refractivity contribution < 1.29 is 24.1 Å². The molecule has 0 spiro atoms. The summed E-state index contributed by atoms with van der Waals surface area (Å²) in [6.07, 6.45) is 0.807. The number of hydrogen-bond donors (Lipinski definition) is 1. The highest BCUT2D eigenvalue weighted by Crippen LogP contribution is 2.17. The van der Waals surface area contributed by atoms with Crippen LogP contribution in [0.25, 0.3) is 0 Å². The predicted molar refractivity (Wildman–Crippen MR) is 83.7 cm³/mol. The van der Waals surface area contributed by atoms with Crippen molar-refractivity contribution in [1.29, 1.82) is 0 Å². The van der Waals surface area contributed by atoms with E-state index in [-0.39, 0.29) is 5.56 Å². The van der Waals surface area contributed by atoms with Gasteiger partial charge in [-0.15, -0.1) is 0 Å². The average molecular weight is 311 g/mol. The maximum atomic E-state index is 11.1. The highest BCUT2D eigenvalue weighted by Gasteiger charge is 2.10. The number of carboxylic acid groups (broad SMARTS) is 1. The number of hydrogen-bond acceptors (Lipinski definition) is 5. The number of rotatable bonds is 12. The summed E-state index contributed by atoms with van der Waals surface area (Å²) in [6.45, 7) is 4.35. The minimum absolute atomic E-state index is 0.193. The molecule has 0 fully saturated rings. The first-order chi connectivity index (χ1) is 10.7. The Morgan fingerprint density at radius 2 is 1.68 bits per heavy atom. The topological polar surface area (TPSA) is 68.2 Å². The molecule has 0 aliphatic heterocycles. The van der Waals surface area contributed by atoms with E-state index in [0.29, 0.717) is 25.6 Å². The van der Waals surface area contributed by atoms with E-state index in [1.54, 1.807) is 38.5 Å². The summed E-state index contributed by atoms with van der Waals surface area (Å²) in [6, 6.07) is 6.68. The summed E-state index contributed by atoms with van der Waals surface area (Å²) >= 11 is 0. The Kier molecular flexibility index (Phi) is 9.21. The van der Waals surface area contributed by atoms with Crippen LogP contribution in [0, 0.1) is 0 Å². The van der Waals surface area contributed by atoms with Gasteiger partial charge in [-0.2, -0.15) is 0 Å². The molecule has 1 aromatic carbocycles. The molecule has 6 nitrogen and oxygen atoms in total. The molecule has 1 aromatic rings. The number of aromatic carboxylic acids is 1. The largest absolute Gasteiger partial charge is 0.493 e. The minimum atomic E-state index is -0.975. The molecular formula is C16H25NO5. The van der Waals surface area contributed by atoms with Crippen molar-refractivity contribution in [3.05, 3.63) is 29.8 Å². The van der Waals surface area contributed by atoms with Gasteiger partial charge >= 0.3 is 5.97 Å². The van der Waals surface area contributed by atoms with Gasteiger partial charge in [0.1, 0.15) is 11.3 Å². The molecule has 0 unspecified atom stereocenters. The lowest BCUT2D eigenvalue weighted by Gasteiger charge is -2.21. The van der Waals surface area contributed by atoms with Crippen LogP contribution in [0.1, 0.15) is 16.8 Å². The van der Waals surface area contributed by atoms with E-state index in [2.05, 4.69) is 4.90 Å². The number of para-hydroxylation sites is 1. The zero-order chi connectivity index (χ0) is 16.2. The number of carbonyl (C=O) groups is 1. The van der Waals surface area contributed by atoms with Gasteiger partial charge in [0.25, 0.3) is 0 Å². The predicted octanol–water partition coefficient (Wildman–Crippen LogP) is 1.75. The van der Waals surface area contributed by atoms with Crippen LogP contribution < -0.4 is 4.74 Å². The van der Waals surface area contributed by atoms with Crippen molar-refractivity contribution in [2.45, 2.75) is 6.42 Å². The van der Waals surface area contributed by atoms with E-state index in [4.69, 9.17) is 19.3 Å². The summed E-state index contributed by atoms with van der Waals surface area (Å²) in [5, 5.41) is 9.09. The molecule has 0 aromatic heterocycles. The van der Waals surface area contributed by atoms with Gasteiger partial charge in [-0.1, -0.05) is 12.1 Å². The molecule has 0 amide bonds. The molecule has 1 N–H and O–H groups in total. The van der Waals surface area contributed by atoms with Gasteiger partial charge in [0.2, 0.25) is 0 Å². The lowest BCUT2D eigenvalue weighted by Crippen LogP contribution is -2.32. The fourth-order valence-electron chi connectivity index (χ4n) is 2.02. The number of nitrogens with zero attached hydrogens (tertiary/aromatic N) is 1. The van der Waals surface area contributed by atoms with Crippen molar-refractivity contribution in [3.63, 3.8) is 0 Å². The monoisotopic (exact) mass is 311 g/mol. The second kappa shape index (κ2) is 11.0. The standard InChI is InChI=1S/C16H25NO5/c1-20-12-9-17(10-13-21-2)8-5-11-22-15-7-4-3-6-14(15)16(18)19/h3-4,6-7H,5,8-13H2,1-2H3,(H,18,19). The molecule has 22 heavy (non-hydrogen) atoms. The number of methoxy groups -OCH3 is 2. The van der Waals surface area contributed by atoms with E-state index in [9.17, 15) is 4.79 Å². The third-order valence-electron chi connectivity index (χ3n) is 3.22. The number of benzene rings is 1. The summed E-state index contributed by atoms with van der Waals surface area (Å²) < 4.78 is 15.8. The molecule has 0 bridgehead atoms. The van der Waals surface area contributed by atoms with Crippen LogP contribution >= 0.6 is 0 Å². The third-order valence-corrected chi connectivity index (χ3v) is 3.22. The van der Waals surface area contributed by atoms with Gasteiger partial charge in [0.05, 0.1) is 19.8 Å². The Bertz CT molecular complexity index is 430. The van der Waals surface area contributed by atoms with Crippen molar-refractivity contribution >= 4 is 5.97 Å². The Balaban J connectivity index is 2.37. The molecular weight excluding hydrogens is 286 g/mol. The van der Waals surface area contributed by atoms with E-state index < -0.39 is 5.97 Å².